The first-order chi connectivity index (χ1) is 20.2. The van der Waals surface area contributed by atoms with Gasteiger partial charge in [-0.2, -0.15) is 0 Å². The fraction of sp³-hybridized carbons (Fsp3) is 0.176. The third-order valence-corrected chi connectivity index (χ3v) is 7.52. The Morgan fingerprint density at radius 3 is 2.38 bits per heavy atom. The molecule has 4 aromatic carbocycles. The molecule has 0 aliphatic carbocycles. The van der Waals surface area contributed by atoms with Gasteiger partial charge >= 0.3 is 5.97 Å². The molecule has 8 nitrogen and oxygen atoms in total. The van der Waals surface area contributed by atoms with E-state index in [9.17, 15) is 24.9 Å². The lowest BCUT2D eigenvalue weighted by molar-refractivity contribution is -0.135. The predicted octanol–water partition coefficient (Wildman–Crippen LogP) is 6.72. The molecular weight excluding hydrogens is 536 g/mol. The molecule has 0 bridgehead atoms. The van der Waals surface area contributed by atoms with Crippen LogP contribution in [0, 0.1) is 0 Å². The van der Waals surface area contributed by atoms with Crippen molar-refractivity contribution in [2.45, 2.75) is 38.7 Å². The molecule has 0 fully saturated rings. The van der Waals surface area contributed by atoms with Crippen LogP contribution in [0.3, 0.4) is 0 Å². The summed E-state index contributed by atoms with van der Waals surface area (Å²) in [6.07, 6.45) is -0.0513. The Balaban J connectivity index is 1.47. The quantitative estimate of drug-likeness (QED) is 0.118. The van der Waals surface area contributed by atoms with E-state index in [-0.39, 0.29) is 46.1 Å². The summed E-state index contributed by atoms with van der Waals surface area (Å²) in [7, 11) is 0. The van der Waals surface area contributed by atoms with Crippen molar-refractivity contribution in [3.63, 3.8) is 0 Å². The van der Waals surface area contributed by atoms with Crippen LogP contribution in [0.1, 0.15) is 54.4 Å². The van der Waals surface area contributed by atoms with Crippen LogP contribution in [-0.4, -0.2) is 21.3 Å². The zero-order valence-electron chi connectivity index (χ0n) is 23.0. The molecule has 0 saturated heterocycles. The molecule has 1 aromatic heterocycles. The van der Waals surface area contributed by atoms with Gasteiger partial charge in [0.2, 0.25) is 0 Å². The summed E-state index contributed by atoms with van der Waals surface area (Å²) in [6.45, 7) is 4.58. The SMILES string of the molecule is CC(C)c1ccc(COc2ccccc2[C@H]2CC(=O)Oc3cc(O)c4c(=O)cc(-c5ccc(O)c(O)c5)oc4c32)cc1. The zero-order valence-corrected chi connectivity index (χ0v) is 23.0. The number of aromatic hydroxyl groups is 3. The van der Waals surface area contributed by atoms with Crippen molar-refractivity contribution in [3.8, 4) is 40.1 Å². The second-order valence-corrected chi connectivity index (χ2v) is 10.6. The van der Waals surface area contributed by atoms with Crippen LogP contribution >= 0.6 is 0 Å². The molecule has 1 atom stereocenters. The number of hydrogen-bond donors (Lipinski definition) is 3. The van der Waals surface area contributed by atoms with Gasteiger partial charge in [-0.25, -0.2) is 0 Å². The van der Waals surface area contributed by atoms with Crippen LogP contribution in [0.25, 0.3) is 22.3 Å². The fourth-order valence-electron chi connectivity index (χ4n) is 5.30. The number of fused-ring (bicyclic) bond motifs is 3. The maximum atomic E-state index is 13.3. The van der Waals surface area contributed by atoms with Gasteiger partial charge in [-0.05, 0) is 41.3 Å². The van der Waals surface area contributed by atoms with E-state index in [1.807, 2.05) is 36.4 Å². The topological polar surface area (TPSA) is 126 Å². The van der Waals surface area contributed by atoms with Crippen molar-refractivity contribution in [1.82, 2.24) is 0 Å². The normalized spacial score (nSPS) is 14.5. The highest BCUT2D eigenvalue weighted by Gasteiger charge is 2.35. The van der Waals surface area contributed by atoms with Crippen LogP contribution in [0.15, 0.2) is 88.1 Å². The average molecular weight is 565 g/mol. The summed E-state index contributed by atoms with van der Waals surface area (Å²) in [5, 5.41) is 30.5. The number of phenolic OH excluding ortho intramolecular Hbond substituents is 3. The minimum absolute atomic E-state index is 0.0513. The van der Waals surface area contributed by atoms with E-state index >= 15 is 0 Å². The molecule has 42 heavy (non-hydrogen) atoms. The van der Waals surface area contributed by atoms with Crippen molar-refractivity contribution < 1.29 is 34.0 Å². The largest absolute Gasteiger partial charge is 0.507 e. The van der Waals surface area contributed by atoms with Gasteiger partial charge in [0.25, 0.3) is 0 Å². The number of para-hydroxylation sites is 1. The first-order valence-electron chi connectivity index (χ1n) is 13.6. The molecule has 5 aromatic rings. The first kappa shape index (κ1) is 27.0. The van der Waals surface area contributed by atoms with Crippen molar-refractivity contribution in [2.75, 3.05) is 0 Å². The third-order valence-electron chi connectivity index (χ3n) is 7.52. The summed E-state index contributed by atoms with van der Waals surface area (Å²) >= 11 is 0. The molecule has 0 spiro atoms. The highest BCUT2D eigenvalue weighted by atomic mass is 16.5. The van der Waals surface area contributed by atoms with Crippen LogP contribution < -0.4 is 14.9 Å². The predicted molar refractivity (Wildman–Crippen MR) is 156 cm³/mol. The zero-order chi connectivity index (χ0) is 29.5. The van der Waals surface area contributed by atoms with Crippen molar-refractivity contribution in [2.24, 2.45) is 0 Å². The van der Waals surface area contributed by atoms with Gasteiger partial charge in [-0.3, -0.25) is 9.59 Å². The number of ether oxygens (including phenoxy) is 2. The Morgan fingerprint density at radius 2 is 1.64 bits per heavy atom. The number of hydrogen-bond acceptors (Lipinski definition) is 8. The van der Waals surface area contributed by atoms with Gasteiger partial charge in [-0.1, -0.05) is 56.3 Å². The Kier molecular flexibility index (Phi) is 6.82. The molecule has 1 aliphatic rings. The highest BCUT2D eigenvalue weighted by Crippen LogP contribution is 2.48. The lowest BCUT2D eigenvalue weighted by Gasteiger charge is -2.27. The maximum Gasteiger partial charge on any atom is 0.312 e. The Morgan fingerprint density at radius 1 is 0.881 bits per heavy atom. The van der Waals surface area contributed by atoms with Crippen molar-refractivity contribution >= 4 is 16.9 Å². The molecular formula is C34H28O8. The minimum atomic E-state index is -0.615. The van der Waals surface area contributed by atoms with E-state index in [1.54, 1.807) is 0 Å². The van der Waals surface area contributed by atoms with E-state index in [2.05, 4.69) is 26.0 Å². The van der Waals surface area contributed by atoms with E-state index in [0.717, 1.165) is 5.56 Å². The van der Waals surface area contributed by atoms with Gasteiger partial charge in [0.05, 0.1) is 6.42 Å². The van der Waals surface area contributed by atoms with E-state index in [4.69, 9.17) is 13.9 Å². The molecule has 0 amide bonds. The van der Waals surface area contributed by atoms with Gasteiger partial charge in [-0.15, -0.1) is 0 Å². The van der Waals surface area contributed by atoms with Crippen LogP contribution in [0.5, 0.6) is 28.7 Å². The minimum Gasteiger partial charge on any atom is -0.507 e. The van der Waals surface area contributed by atoms with Gasteiger partial charge < -0.3 is 29.2 Å². The number of carbonyl (C=O) groups excluding carboxylic acids is 1. The molecule has 0 radical (unpaired) electrons. The lowest BCUT2D eigenvalue weighted by atomic mass is 9.84. The smallest absolute Gasteiger partial charge is 0.312 e. The molecule has 0 unspecified atom stereocenters. The van der Waals surface area contributed by atoms with Crippen LogP contribution in [0.2, 0.25) is 0 Å². The van der Waals surface area contributed by atoms with E-state index in [1.165, 1.54) is 35.9 Å². The Labute approximate surface area is 241 Å². The average Bonchev–Trinajstić information content (AvgIpc) is 2.97. The summed E-state index contributed by atoms with van der Waals surface area (Å²) in [6, 6.07) is 22.0. The van der Waals surface area contributed by atoms with Crippen molar-refractivity contribution in [3.05, 3.63) is 111 Å². The molecule has 0 saturated carbocycles. The molecule has 8 heteroatoms. The fourth-order valence-corrected chi connectivity index (χ4v) is 5.30. The summed E-state index contributed by atoms with van der Waals surface area (Å²) in [4.78, 5) is 26.0. The number of phenols is 3. The molecule has 3 N–H and O–H groups in total. The maximum absolute atomic E-state index is 13.3. The second kappa shape index (κ2) is 10.6. The number of carbonyl (C=O) groups is 1. The second-order valence-electron chi connectivity index (χ2n) is 10.6. The van der Waals surface area contributed by atoms with E-state index < -0.39 is 17.3 Å². The molecule has 6 rings (SSSR count). The van der Waals surface area contributed by atoms with Gasteiger partial charge in [0.15, 0.2) is 16.9 Å². The monoisotopic (exact) mass is 564 g/mol. The van der Waals surface area contributed by atoms with Crippen molar-refractivity contribution in [1.29, 1.82) is 0 Å². The van der Waals surface area contributed by atoms with Crippen LogP contribution in [0.4, 0.5) is 0 Å². The Bertz CT molecular complexity index is 1890. The summed E-state index contributed by atoms with van der Waals surface area (Å²) < 4.78 is 18.0. The van der Waals surface area contributed by atoms with E-state index in [0.29, 0.717) is 35.0 Å². The third kappa shape index (κ3) is 4.92. The van der Waals surface area contributed by atoms with Crippen LogP contribution in [-0.2, 0) is 11.4 Å². The molecule has 2 heterocycles. The standard InChI is InChI=1S/C34H28O8/c1-18(2)20-9-7-19(8-10-20)17-40-28-6-4-3-5-22(28)23-14-31(39)41-30-16-27(38)33-26(37)15-29(42-34(33)32(23)30)21-11-12-24(35)25(36)13-21/h3-13,15-16,18,23,35-36,38H,14,17H2,1-2H3/t23-/m1/s1. The number of benzene rings is 4. The molecule has 212 valence electrons. The van der Waals surface area contributed by atoms with Gasteiger partial charge in [0, 0.05) is 34.7 Å². The molecule has 1 aliphatic heterocycles. The highest BCUT2D eigenvalue weighted by molar-refractivity contribution is 5.93. The Hall–Kier alpha value is -5.24. The summed E-state index contributed by atoms with van der Waals surface area (Å²) in [5.41, 5.74) is 3.19. The number of esters is 1. The lowest BCUT2D eigenvalue weighted by Crippen LogP contribution is -2.22. The number of rotatable bonds is 6. The summed E-state index contributed by atoms with van der Waals surface area (Å²) in [5.74, 6) is -1.07. The van der Waals surface area contributed by atoms with Gasteiger partial charge in [0.1, 0.15) is 40.6 Å². The first-order valence-corrected chi connectivity index (χ1v) is 13.6.